The first-order valence-electron chi connectivity index (χ1n) is 8.15. The number of hydrogen-bond acceptors (Lipinski definition) is 6. The normalized spacial score (nSPS) is 19.5. The lowest BCUT2D eigenvalue weighted by atomic mass is 9.93. The monoisotopic (exact) mass is 349 g/mol. The fourth-order valence-corrected chi connectivity index (χ4v) is 4.16. The first-order valence-corrected chi connectivity index (χ1v) is 10.0. The Labute approximate surface area is 142 Å². The molecule has 0 bridgehead atoms. The van der Waals surface area contributed by atoms with Gasteiger partial charge in [0.15, 0.2) is 9.84 Å². The summed E-state index contributed by atoms with van der Waals surface area (Å²) in [6.45, 7) is 4.68. The van der Waals surface area contributed by atoms with Crippen LogP contribution in [0.2, 0.25) is 0 Å². The molecule has 1 fully saturated rings. The second kappa shape index (κ2) is 6.98. The van der Waals surface area contributed by atoms with Crippen LogP contribution in [0.25, 0.3) is 0 Å². The zero-order chi connectivity index (χ0) is 17.2. The average Bonchev–Trinajstić information content (AvgIpc) is 2.96. The lowest BCUT2D eigenvalue weighted by Gasteiger charge is -2.32. The van der Waals surface area contributed by atoms with E-state index in [2.05, 4.69) is 25.1 Å². The van der Waals surface area contributed by atoms with E-state index < -0.39 is 9.84 Å². The van der Waals surface area contributed by atoms with Gasteiger partial charge in [-0.3, -0.25) is 10.00 Å². The summed E-state index contributed by atoms with van der Waals surface area (Å²) >= 11 is 0. The number of likely N-dealkylation sites (tertiary alicyclic amines) is 1. The molecule has 2 aromatic heterocycles. The molecule has 0 amide bonds. The van der Waals surface area contributed by atoms with Crippen molar-refractivity contribution in [1.29, 1.82) is 0 Å². The van der Waals surface area contributed by atoms with Gasteiger partial charge in [0.2, 0.25) is 0 Å². The minimum absolute atomic E-state index is 0.325. The van der Waals surface area contributed by atoms with Gasteiger partial charge in [-0.1, -0.05) is 0 Å². The molecule has 1 aliphatic heterocycles. The maximum Gasteiger partial charge on any atom is 0.178 e. The number of aromatic nitrogens is 4. The van der Waals surface area contributed by atoms with Gasteiger partial charge in [0, 0.05) is 25.5 Å². The van der Waals surface area contributed by atoms with Crippen LogP contribution in [0.1, 0.15) is 30.1 Å². The number of aromatic amines is 1. The van der Waals surface area contributed by atoms with Crippen molar-refractivity contribution in [1.82, 2.24) is 25.1 Å². The van der Waals surface area contributed by atoms with Gasteiger partial charge in [0.25, 0.3) is 0 Å². The van der Waals surface area contributed by atoms with Crippen LogP contribution in [0.15, 0.2) is 23.4 Å². The molecule has 1 N–H and O–H groups in total. The largest absolute Gasteiger partial charge is 0.297 e. The molecule has 7 nitrogen and oxygen atoms in total. The van der Waals surface area contributed by atoms with E-state index in [-0.39, 0.29) is 0 Å². The lowest BCUT2D eigenvalue weighted by molar-refractivity contribution is 0.164. The predicted molar refractivity (Wildman–Crippen MR) is 90.2 cm³/mol. The third-order valence-corrected chi connectivity index (χ3v) is 5.54. The van der Waals surface area contributed by atoms with Crippen LogP contribution < -0.4 is 0 Å². The van der Waals surface area contributed by atoms with Crippen molar-refractivity contribution in [2.75, 3.05) is 19.3 Å². The maximum absolute atomic E-state index is 11.8. The van der Waals surface area contributed by atoms with E-state index in [0.717, 1.165) is 49.7 Å². The highest BCUT2D eigenvalue weighted by Gasteiger charge is 2.24. The van der Waals surface area contributed by atoms with Crippen molar-refractivity contribution in [2.24, 2.45) is 5.92 Å². The standard InChI is InChI=1S/C16H23N5O2S/c1-12-17-6-5-14(19-12)11-21-7-3-4-13(10-21)8-15-16(9-18-20-15)24(2,22)23/h5-6,9,13H,3-4,7-8,10-11H2,1-2H3,(H,18,20)/t13-/m0/s1. The van der Waals surface area contributed by atoms with Gasteiger partial charge < -0.3 is 0 Å². The summed E-state index contributed by atoms with van der Waals surface area (Å²) < 4.78 is 23.6. The average molecular weight is 349 g/mol. The number of sulfone groups is 1. The third kappa shape index (κ3) is 4.18. The molecule has 0 radical (unpaired) electrons. The number of piperidine rings is 1. The molecule has 1 saturated heterocycles. The molecule has 3 rings (SSSR count). The molecule has 2 aromatic rings. The number of nitrogens with one attached hydrogen (secondary N) is 1. The fraction of sp³-hybridized carbons (Fsp3) is 0.562. The highest BCUT2D eigenvalue weighted by molar-refractivity contribution is 7.90. The van der Waals surface area contributed by atoms with E-state index in [9.17, 15) is 8.42 Å². The maximum atomic E-state index is 11.8. The van der Waals surface area contributed by atoms with Crippen LogP contribution in [0.5, 0.6) is 0 Å². The van der Waals surface area contributed by atoms with Crippen molar-refractivity contribution in [2.45, 2.75) is 37.6 Å². The molecular weight excluding hydrogens is 326 g/mol. The molecule has 0 unspecified atom stereocenters. The fourth-order valence-electron chi connectivity index (χ4n) is 3.34. The van der Waals surface area contributed by atoms with Crippen LogP contribution in [0, 0.1) is 12.8 Å². The Morgan fingerprint density at radius 1 is 1.42 bits per heavy atom. The van der Waals surface area contributed by atoms with Crippen LogP contribution >= 0.6 is 0 Å². The molecule has 1 aliphatic rings. The highest BCUT2D eigenvalue weighted by Crippen LogP contribution is 2.24. The number of aryl methyl sites for hydroxylation is 1. The molecule has 0 aromatic carbocycles. The van der Waals surface area contributed by atoms with Crippen molar-refractivity contribution in [3.63, 3.8) is 0 Å². The lowest BCUT2D eigenvalue weighted by Crippen LogP contribution is -2.36. The van der Waals surface area contributed by atoms with Crippen LogP contribution in [0.4, 0.5) is 0 Å². The van der Waals surface area contributed by atoms with Crippen molar-refractivity contribution in [3.8, 4) is 0 Å². The predicted octanol–water partition coefficient (Wildman–Crippen LogP) is 1.37. The first kappa shape index (κ1) is 17.0. The topological polar surface area (TPSA) is 91.8 Å². The van der Waals surface area contributed by atoms with E-state index in [1.54, 1.807) is 6.20 Å². The Bertz CT molecular complexity index is 802. The van der Waals surface area contributed by atoms with Crippen LogP contribution in [0.3, 0.4) is 0 Å². The summed E-state index contributed by atoms with van der Waals surface area (Å²) in [5.74, 6) is 1.21. The Balaban J connectivity index is 1.65. The molecular formula is C16H23N5O2S. The van der Waals surface area contributed by atoms with E-state index in [1.807, 2.05) is 13.0 Å². The quantitative estimate of drug-likeness (QED) is 0.876. The minimum Gasteiger partial charge on any atom is -0.297 e. The summed E-state index contributed by atoms with van der Waals surface area (Å²) in [7, 11) is -3.23. The molecule has 3 heterocycles. The summed E-state index contributed by atoms with van der Waals surface area (Å²) in [5.41, 5.74) is 1.75. The SMILES string of the molecule is Cc1nccc(CN2CCC[C@@H](Cc3[nH]ncc3S(C)(=O)=O)C2)n1. The highest BCUT2D eigenvalue weighted by atomic mass is 32.2. The number of nitrogens with zero attached hydrogens (tertiary/aromatic N) is 4. The second-order valence-electron chi connectivity index (χ2n) is 6.53. The van der Waals surface area contributed by atoms with Crippen LogP contribution in [-0.2, 0) is 22.8 Å². The molecule has 8 heteroatoms. The summed E-state index contributed by atoms with van der Waals surface area (Å²) in [6.07, 6.45) is 7.35. The van der Waals surface area contributed by atoms with Gasteiger partial charge in [-0.25, -0.2) is 18.4 Å². The van der Waals surface area contributed by atoms with Crippen molar-refractivity contribution >= 4 is 9.84 Å². The van der Waals surface area contributed by atoms with Gasteiger partial charge in [-0.2, -0.15) is 5.10 Å². The van der Waals surface area contributed by atoms with Crippen molar-refractivity contribution in [3.05, 3.63) is 35.7 Å². The van der Waals surface area contributed by atoms with Crippen molar-refractivity contribution < 1.29 is 8.42 Å². The zero-order valence-electron chi connectivity index (χ0n) is 14.1. The van der Waals surface area contributed by atoms with E-state index >= 15 is 0 Å². The van der Waals surface area contributed by atoms with E-state index in [4.69, 9.17) is 0 Å². The molecule has 24 heavy (non-hydrogen) atoms. The summed E-state index contributed by atoms with van der Waals surface area (Å²) in [4.78, 5) is 11.3. The summed E-state index contributed by atoms with van der Waals surface area (Å²) in [5, 5.41) is 6.78. The van der Waals surface area contributed by atoms with Gasteiger partial charge in [-0.05, 0) is 44.7 Å². The zero-order valence-corrected chi connectivity index (χ0v) is 14.9. The third-order valence-electron chi connectivity index (χ3n) is 4.39. The smallest absolute Gasteiger partial charge is 0.178 e. The number of H-pyrrole nitrogens is 1. The minimum atomic E-state index is -3.23. The Hall–Kier alpha value is -1.80. The molecule has 0 saturated carbocycles. The number of hydrogen-bond donors (Lipinski definition) is 1. The molecule has 1 atom stereocenters. The molecule has 0 aliphatic carbocycles. The van der Waals surface area contributed by atoms with E-state index in [1.165, 1.54) is 12.5 Å². The Morgan fingerprint density at radius 3 is 3.00 bits per heavy atom. The second-order valence-corrected chi connectivity index (χ2v) is 8.51. The Morgan fingerprint density at radius 2 is 2.25 bits per heavy atom. The van der Waals surface area contributed by atoms with Crippen LogP contribution in [-0.4, -0.2) is 52.8 Å². The van der Waals surface area contributed by atoms with Gasteiger partial charge in [-0.15, -0.1) is 0 Å². The number of rotatable bonds is 5. The Kier molecular flexibility index (Phi) is 4.96. The van der Waals surface area contributed by atoms with Gasteiger partial charge in [0.1, 0.15) is 10.7 Å². The molecule has 0 spiro atoms. The van der Waals surface area contributed by atoms with E-state index in [0.29, 0.717) is 17.2 Å². The van der Waals surface area contributed by atoms with Gasteiger partial charge in [0.05, 0.1) is 17.6 Å². The first-order chi connectivity index (χ1) is 11.4. The molecule has 130 valence electrons. The van der Waals surface area contributed by atoms with Gasteiger partial charge >= 0.3 is 0 Å². The summed E-state index contributed by atoms with van der Waals surface area (Å²) in [6, 6.07) is 1.95.